The summed E-state index contributed by atoms with van der Waals surface area (Å²) in [7, 11) is 0. The molecule has 142 valence electrons. The largest absolute Gasteiger partial charge is 0.494 e. The first-order valence-corrected chi connectivity index (χ1v) is 9.57. The zero-order valence-corrected chi connectivity index (χ0v) is 16.1. The van der Waals surface area contributed by atoms with Crippen LogP contribution in [-0.2, 0) is 0 Å². The molecule has 2 heterocycles. The number of hydrogen-bond acceptors (Lipinski definition) is 5. The van der Waals surface area contributed by atoms with E-state index in [9.17, 15) is 5.26 Å². The normalized spacial score (nSPS) is 10.4. The fraction of sp³-hybridized carbons (Fsp3) is 0.261. The minimum absolute atomic E-state index is 0.218. The summed E-state index contributed by atoms with van der Waals surface area (Å²) in [5.41, 5.74) is 9.63. The molecule has 0 amide bonds. The van der Waals surface area contributed by atoms with Gasteiger partial charge in [0.1, 0.15) is 23.2 Å². The maximum absolute atomic E-state index is 9.56. The van der Waals surface area contributed by atoms with Gasteiger partial charge in [0.15, 0.2) is 0 Å². The van der Waals surface area contributed by atoms with Gasteiger partial charge in [0.25, 0.3) is 0 Å². The Morgan fingerprint density at radius 3 is 2.57 bits per heavy atom. The number of pyridine rings is 2. The zero-order chi connectivity index (χ0) is 19.8. The number of unbranched alkanes of at least 4 members (excludes halogenated alkanes) is 3. The van der Waals surface area contributed by atoms with Crippen molar-refractivity contribution in [1.82, 2.24) is 9.97 Å². The maximum Gasteiger partial charge on any atom is 0.142 e. The van der Waals surface area contributed by atoms with Crippen molar-refractivity contribution in [3.8, 4) is 34.2 Å². The fourth-order valence-electron chi connectivity index (χ4n) is 3.02. The van der Waals surface area contributed by atoms with Crippen molar-refractivity contribution >= 4 is 5.82 Å². The number of aromatic nitrogens is 2. The molecule has 0 atom stereocenters. The van der Waals surface area contributed by atoms with Crippen LogP contribution in [0.25, 0.3) is 22.4 Å². The molecule has 0 spiro atoms. The number of benzene rings is 1. The first-order chi connectivity index (χ1) is 13.7. The van der Waals surface area contributed by atoms with Gasteiger partial charge in [0.05, 0.1) is 12.3 Å². The van der Waals surface area contributed by atoms with Gasteiger partial charge in [-0.3, -0.25) is 4.98 Å². The molecule has 0 radical (unpaired) electrons. The summed E-state index contributed by atoms with van der Waals surface area (Å²) >= 11 is 0. The smallest absolute Gasteiger partial charge is 0.142 e. The molecule has 0 unspecified atom stereocenters. The van der Waals surface area contributed by atoms with Gasteiger partial charge in [-0.15, -0.1) is 0 Å². The molecule has 5 heteroatoms. The van der Waals surface area contributed by atoms with Crippen molar-refractivity contribution in [2.24, 2.45) is 0 Å². The Bertz CT molecular complexity index is 947. The molecule has 0 aliphatic heterocycles. The van der Waals surface area contributed by atoms with Crippen LogP contribution < -0.4 is 10.5 Å². The first kappa shape index (κ1) is 19.4. The molecule has 2 N–H and O–H groups in total. The molecule has 1 aromatic carbocycles. The lowest BCUT2D eigenvalue weighted by molar-refractivity contribution is 0.305. The van der Waals surface area contributed by atoms with Crippen LogP contribution in [-0.4, -0.2) is 16.6 Å². The number of nitriles is 1. The Morgan fingerprint density at radius 2 is 1.89 bits per heavy atom. The predicted octanol–water partition coefficient (Wildman–Crippen LogP) is 5.22. The molecule has 0 saturated carbocycles. The summed E-state index contributed by atoms with van der Waals surface area (Å²) in [6.07, 6.45) is 8.14. The Labute approximate surface area is 165 Å². The summed E-state index contributed by atoms with van der Waals surface area (Å²) in [6, 6.07) is 15.6. The van der Waals surface area contributed by atoms with Gasteiger partial charge in [0.2, 0.25) is 0 Å². The van der Waals surface area contributed by atoms with Gasteiger partial charge < -0.3 is 10.5 Å². The van der Waals surface area contributed by atoms with Crippen molar-refractivity contribution in [2.75, 3.05) is 12.3 Å². The number of anilines is 1. The highest BCUT2D eigenvalue weighted by molar-refractivity contribution is 5.80. The summed E-state index contributed by atoms with van der Waals surface area (Å²) in [5.74, 6) is 1.04. The van der Waals surface area contributed by atoms with Crippen molar-refractivity contribution < 1.29 is 4.74 Å². The summed E-state index contributed by atoms with van der Waals surface area (Å²) in [6.45, 7) is 2.91. The van der Waals surface area contributed by atoms with Gasteiger partial charge in [-0.2, -0.15) is 5.26 Å². The van der Waals surface area contributed by atoms with Crippen LogP contribution in [0.2, 0.25) is 0 Å². The van der Waals surface area contributed by atoms with Crippen LogP contribution in [0.1, 0.15) is 38.2 Å². The average molecular weight is 372 g/mol. The van der Waals surface area contributed by atoms with Crippen LogP contribution in [0.5, 0.6) is 5.75 Å². The molecule has 28 heavy (non-hydrogen) atoms. The van der Waals surface area contributed by atoms with Crippen molar-refractivity contribution in [3.63, 3.8) is 0 Å². The Hall–Kier alpha value is -3.39. The molecule has 0 saturated heterocycles. The minimum atomic E-state index is 0.218. The third-order valence-electron chi connectivity index (χ3n) is 4.55. The van der Waals surface area contributed by atoms with Crippen LogP contribution in [0.15, 0.2) is 54.9 Å². The maximum atomic E-state index is 9.56. The van der Waals surface area contributed by atoms with E-state index < -0.39 is 0 Å². The highest BCUT2D eigenvalue weighted by atomic mass is 16.5. The molecule has 2 aromatic heterocycles. The van der Waals surface area contributed by atoms with E-state index in [-0.39, 0.29) is 5.82 Å². The molecular formula is C23H24N4O. The summed E-state index contributed by atoms with van der Waals surface area (Å²) in [4.78, 5) is 8.51. The van der Waals surface area contributed by atoms with E-state index in [4.69, 9.17) is 10.5 Å². The van der Waals surface area contributed by atoms with Gasteiger partial charge in [-0.1, -0.05) is 38.3 Å². The monoisotopic (exact) mass is 372 g/mol. The topological polar surface area (TPSA) is 84.8 Å². The molecule has 5 nitrogen and oxygen atoms in total. The van der Waals surface area contributed by atoms with Gasteiger partial charge in [-0.25, -0.2) is 4.98 Å². The van der Waals surface area contributed by atoms with Gasteiger partial charge in [0, 0.05) is 23.5 Å². The Kier molecular flexibility index (Phi) is 6.59. The SMILES string of the molecule is CCCCCCOc1ccc(-c2cc(-c3cccnc3)nc(N)c2C#N)cc1. The molecule has 0 bridgehead atoms. The standard InChI is InChI=1S/C23H24N4O/c1-2-3-4-5-13-28-19-10-8-17(9-11-19)20-14-22(18-7-6-12-26-16-18)27-23(25)21(20)15-24/h6-12,14,16H,2-5,13H2,1H3,(H2,25,27). The lowest BCUT2D eigenvalue weighted by Crippen LogP contribution is -2.00. The number of rotatable bonds is 8. The molecular weight excluding hydrogens is 348 g/mol. The first-order valence-electron chi connectivity index (χ1n) is 9.57. The molecule has 0 aliphatic carbocycles. The second-order valence-corrected chi connectivity index (χ2v) is 6.60. The zero-order valence-electron chi connectivity index (χ0n) is 16.1. The van der Waals surface area contributed by atoms with E-state index >= 15 is 0 Å². The quantitative estimate of drug-likeness (QED) is 0.548. The van der Waals surface area contributed by atoms with E-state index in [1.54, 1.807) is 12.4 Å². The molecule has 3 aromatic rings. The number of nitrogens with two attached hydrogens (primary N) is 1. The van der Waals surface area contributed by atoms with Crippen molar-refractivity contribution in [3.05, 3.63) is 60.4 Å². The number of hydrogen-bond donors (Lipinski definition) is 1. The Morgan fingerprint density at radius 1 is 1.07 bits per heavy atom. The minimum Gasteiger partial charge on any atom is -0.494 e. The lowest BCUT2D eigenvalue weighted by Gasteiger charge is -2.11. The number of ether oxygens (including phenoxy) is 1. The molecule has 0 fully saturated rings. The fourth-order valence-corrected chi connectivity index (χ4v) is 3.02. The molecule has 3 rings (SSSR count). The third kappa shape index (κ3) is 4.66. The van der Waals surface area contributed by atoms with Crippen LogP contribution in [0.3, 0.4) is 0 Å². The van der Waals surface area contributed by atoms with Crippen LogP contribution in [0.4, 0.5) is 5.82 Å². The van der Waals surface area contributed by atoms with Crippen LogP contribution >= 0.6 is 0 Å². The van der Waals surface area contributed by atoms with E-state index in [2.05, 4.69) is 23.0 Å². The van der Waals surface area contributed by atoms with E-state index in [0.717, 1.165) is 35.5 Å². The van der Waals surface area contributed by atoms with Gasteiger partial charge >= 0.3 is 0 Å². The highest BCUT2D eigenvalue weighted by Crippen LogP contribution is 2.31. The van der Waals surface area contributed by atoms with Crippen LogP contribution in [0, 0.1) is 11.3 Å². The van der Waals surface area contributed by atoms with Crippen molar-refractivity contribution in [2.45, 2.75) is 32.6 Å². The third-order valence-corrected chi connectivity index (χ3v) is 4.55. The Balaban J connectivity index is 1.84. The van der Waals surface area contributed by atoms with Gasteiger partial charge in [-0.05, 0) is 42.3 Å². The van der Waals surface area contributed by atoms with E-state index in [1.165, 1.54) is 19.3 Å². The lowest BCUT2D eigenvalue weighted by atomic mass is 9.99. The van der Waals surface area contributed by atoms with E-state index in [0.29, 0.717) is 11.3 Å². The number of nitrogens with zero attached hydrogens (tertiary/aromatic N) is 3. The second kappa shape index (κ2) is 9.52. The second-order valence-electron chi connectivity index (χ2n) is 6.60. The predicted molar refractivity (Wildman–Crippen MR) is 112 cm³/mol. The number of nitrogen functional groups attached to an aromatic ring is 1. The molecule has 0 aliphatic rings. The average Bonchev–Trinajstić information content (AvgIpc) is 2.74. The highest BCUT2D eigenvalue weighted by Gasteiger charge is 2.13. The summed E-state index contributed by atoms with van der Waals surface area (Å²) in [5, 5.41) is 9.56. The van der Waals surface area contributed by atoms with E-state index in [1.807, 2.05) is 42.5 Å². The van der Waals surface area contributed by atoms with Crippen molar-refractivity contribution in [1.29, 1.82) is 5.26 Å². The summed E-state index contributed by atoms with van der Waals surface area (Å²) < 4.78 is 5.81.